The van der Waals surface area contributed by atoms with E-state index in [0.717, 1.165) is 13.1 Å². The first-order valence-electron chi connectivity index (χ1n) is 10.2. The summed E-state index contributed by atoms with van der Waals surface area (Å²) in [5.41, 5.74) is -0.572. The number of nitrogens with zero attached hydrogens (tertiary/aromatic N) is 3. The molecule has 2 fully saturated rings. The fourth-order valence-electron chi connectivity index (χ4n) is 4.27. The summed E-state index contributed by atoms with van der Waals surface area (Å²) < 4.78 is 15.7. The molecule has 1 aromatic carbocycles. The number of nitrogens with one attached hydrogen (secondary N) is 2. The fraction of sp³-hybridized carbons (Fsp3) is 0.476. The van der Waals surface area contributed by atoms with Crippen molar-refractivity contribution < 1.29 is 14.0 Å². The average Bonchev–Trinajstić information content (AvgIpc) is 3.30. The third-order valence-electron chi connectivity index (χ3n) is 6.02. The highest BCUT2D eigenvalue weighted by molar-refractivity contribution is 5.94. The summed E-state index contributed by atoms with van der Waals surface area (Å²) in [6, 6.07) is 7.88. The van der Waals surface area contributed by atoms with Gasteiger partial charge in [0.15, 0.2) is 0 Å². The first kappa shape index (κ1) is 19.6. The second-order valence-electron chi connectivity index (χ2n) is 7.75. The van der Waals surface area contributed by atoms with Gasteiger partial charge in [0.2, 0.25) is 5.91 Å². The topological polar surface area (TPSA) is 79.3 Å². The normalized spacial score (nSPS) is 19.7. The number of benzene rings is 1. The fourth-order valence-corrected chi connectivity index (χ4v) is 4.27. The average molecular weight is 399 g/mol. The maximum Gasteiger partial charge on any atom is 0.256 e. The molecule has 2 saturated heterocycles. The van der Waals surface area contributed by atoms with Gasteiger partial charge < -0.3 is 15.5 Å². The van der Waals surface area contributed by atoms with Crippen LogP contribution in [0.1, 0.15) is 36.0 Å². The van der Waals surface area contributed by atoms with Crippen LogP contribution >= 0.6 is 0 Å². The van der Waals surface area contributed by atoms with E-state index in [9.17, 15) is 14.0 Å². The Morgan fingerprint density at radius 3 is 2.52 bits per heavy atom. The molecule has 0 bridgehead atoms. The van der Waals surface area contributed by atoms with Crippen molar-refractivity contribution in [2.45, 2.75) is 37.3 Å². The van der Waals surface area contributed by atoms with E-state index in [-0.39, 0.29) is 23.4 Å². The van der Waals surface area contributed by atoms with Crippen molar-refractivity contribution in [2.75, 3.05) is 26.2 Å². The Morgan fingerprint density at radius 1 is 1.14 bits per heavy atom. The molecule has 0 atom stereocenters. The van der Waals surface area contributed by atoms with E-state index in [4.69, 9.17) is 0 Å². The van der Waals surface area contributed by atoms with Crippen molar-refractivity contribution in [1.29, 1.82) is 0 Å². The zero-order valence-corrected chi connectivity index (χ0v) is 16.3. The first-order chi connectivity index (χ1) is 14.1. The Bertz CT molecular complexity index is 856. The minimum absolute atomic E-state index is 0.00510. The van der Waals surface area contributed by atoms with E-state index in [1.54, 1.807) is 27.9 Å². The van der Waals surface area contributed by atoms with Crippen LogP contribution in [0.4, 0.5) is 4.39 Å². The van der Waals surface area contributed by atoms with Crippen LogP contribution in [0.25, 0.3) is 0 Å². The van der Waals surface area contributed by atoms with Gasteiger partial charge in [-0.3, -0.25) is 14.3 Å². The highest BCUT2D eigenvalue weighted by atomic mass is 19.1. The van der Waals surface area contributed by atoms with Crippen LogP contribution in [0.2, 0.25) is 0 Å². The third kappa shape index (κ3) is 3.89. The van der Waals surface area contributed by atoms with Crippen LogP contribution in [-0.2, 0) is 10.3 Å². The SMILES string of the molecule is O=C(c1ccccc1F)N1CCC(NC(=O)C2(n3cccn3)CCNCC2)CC1. The molecule has 2 aromatic rings. The maximum absolute atomic E-state index is 13.9. The molecule has 8 heteroatoms. The van der Waals surface area contributed by atoms with Gasteiger partial charge in [-0.2, -0.15) is 5.10 Å². The Kier molecular flexibility index (Phi) is 5.62. The van der Waals surface area contributed by atoms with Gasteiger partial charge in [0.1, 0.15) is 11.4 Å². The van der Waals surface area contributed by atoms with Crippen LogP contribution in [0, 0.1) is 5.82 Å². The molecule has 0 aliphatic carbocycles. The van der Waals surface area contributed by atoms with Crippen molar-refractivity contribution in [2.24, 2.45) is 0 Å². The van der Waals surface area contributed by atoms with Gasteiger partial charge in [-0.1, -0.05) is 12.1 Å². The van der Waals surface area contributed by atoms with Crippen LogP contribution in [-0.4, -0.2) is 58.7 Å². The lowest BCUT2D eigenvalue weighted by atomic mass is 9.86. The van der Waals surface area contributed by atoms with Crippen LogP contribution in [0.5, 0.6) is 0 Å². The molecule has 7 nitrogen and oxygen atoms in total. The predicted octanol–water partition coefficient (Wildman–Crippen LogP) is 1.52. The summed E-state index contributed by atoms with van der Waals surface area (Å²) in [6.07, 6.45) is 6.22. The Labute approximate surface area is 169 Å². The van der Waals surface area contributed by atoms with Crippen LogP contribution < -0.4 is 10.6 Å². The van der Waals surface area contributed by atoms with E-state index in [2.05, 4.69) is 15.7 Å². The number of carbonyl (C=O) groups excluding carboxylic acids is 2. The number of aromatic nitrogens is 2. The zero-order valence-electron chi connectivity index (χ0n) is 16.3. The molecule has 2 aliphatic heterocycles. The van der Waals surface area contributed by atoms with Crippen molar-refractivity contribution in [1.82, 2.24) is 25.3 Å². The second-order valence-corrected chi connectivity index (χ2v) is 7.75. The Balaban J connectivity index is 1.38. The molecule has 29 heavy (non-hydrogen) atoms. The highest BCUT2D eigenvalue weighted by Gasteiger charge is 2.43. The van der Waals surface area contributed by atoms with E-state index in [1.807, 2.05) is 12.3 Å². The summed E-state index contributed by atoms with van der Waals surface area (Å²) in [6.45, 7) is 2.52. The molecule has 0 unspecified atom stereocenters. The molecule has 3 heterocycles. The molecule has 4 rings (SSSR count). The molecule has 0 radical (unpaired) electrons. The van der Waals surface area contributed by atoms with Crippen molar-refractivity contribution in [3.8, 4) is 0 Å². The summed E-state index contributed by atoms with van der Waals surface area (Å²) >= 11 is 0. The van der Waals surface area contributed by atoms with E-state index < -0.39 is 11.4 Å². The smallest absolute Gasteiger partial charge is 0.256 e. The lowest BCUT2D eigenvalue weighted by Gasteiger charge is -2.39. The van der Waals surface area contributed by atoms with E-state index >= 15 is 0 Å². The summed E-state index contributed by atoms with van der Waals surface area (Å²) in [7, 11) is 0. The number of hydrogen-bond donors (Lipinski definition) is 2. The molecular formula is C21H26FN5O2. The minimum atomic E-state index is -0.672. The standard InChI is InChI=1S/C21H26FN5O2/c22-18-5-2-1-4-17(18)19(28)26-14-6-16(7-15-26)25-20(29)21(8-11-23-12-9-21)27-13-3-10-24-27/h1-5,10,13,16,23H,6-9,11-12,14-15H2,(H,25,29). The van der Waals surface area contributed by atoms with Gasteiger partial charge in [0.05, 0.1) is 5.56 Å². The molecule has 0 spiro atoms. The number of halogens is 1. The third-order valence-corrected chi connectivity index (χ3v) is 6.02. The molecule has 2 aliphatic rings. The number of likely N-dealkylation sites (tertiary alicyclic amines) is 1. The summed E-state index contributed by atoms with van der Waals surface area (Å²) in [5, 5.41) is 10.8. The molecule has 2 N–H and O–H groups in total. The summed E-state index contributed by atoms with van der Waals surface area (Å²) in [4.78, 5) is 27.5. The van der Waals surface area contributed by atoms with Gasteiger partial charge in [-0.25, -0.2) is 4.39 Å². The quantitative estimate of drug-likeness (QED) is 0.817. The number of hydrogen-bond acceptors (Lipinski definition) is 4. The molecule has 2 amide bonds. The molecular weight excluding hydrogens is 373 g/mol. The molecule has 0 saturated carbocycles. The lowest BCUT2D eigenvalue weighted by molar-refractivity contribution is -0.133. The zero-order chi connectivity index (χ0) is 20.3. The van der Waals surface area contributed by atoms with Crippen molar-refractivity contribution in [3.63, 3.8) is 0 Å². The summed E-state index contributed by atoms with van der Waals surface area (Å²) in [5.74, 6) is -0.805. The number of piperidine rings is 2. The predicted molar refractivity (Wildman–Crippen MR) is 106 cm³/mol. The van der Waals surface area contributed by atoms with Crippen molar-refractivity contribution >= 4 is 11.8 Å². The highest BCUT2D eigenvalue weighted by Crippen LogP contribution is 2.28. The van der Waals surface area contributed by atoms with Crippen LogP contribution in [0.3, 0.4) is 0 Å². The Hall–Kier alpha value is -2.74. The number of carbonyl (C=O) groups is 2. The first-order valence-corrected chi connectivity index (χ1v) is 10.2. The number of rotatable bonds is 4. The monoisotopic (exact) mass is 399 g/mol. The minimum Gasteiger partial charge on any atom is -0.351 e. The maximum atomic E-state index is 13.9. The lowest BCUT2D eigenvalue weighted by Crippen LogP contribution is -2.57. The van der Waals surface area contributed by atoms with E-state index in [0.29, 0.717) is 38.8 Å². The molecule has 1 aromatic heterocycles. The van der Waals surface area contributed by atoms with Gasteiger partial charge >= 0.3 is 0 Å². The van der Waals surface area contributed by atoms with Gasteiger partial charge in [-0.15, -0.1) is 0 Å². The van der Waals surface area contributed by atoms with Gasteiger partial charge in [-0.05, 0) is 57.0 Å². The second kappa shape index (κ2) is 8.32. The van der Waals surface area contributed by atoms with Crippen LogP contribution in [0.15, 0.2) is 42.7 Å². The van der Waals surface area contributed by atoms with Gasteiger partial charge in [0, 0.05) is 31.5 Å². The molecule has 154 valence electrons. The number of amides is 2. The van der Waals surface area contributed by atoms with E-state index in [1.165, 1.54) is 12.1 Å². The largest absolute Gasteiger partial charge is 0.351 e. The van der Waals surface area contributed by atoms with Crippen molar-refractivity contribution in [3.05, 3.63) is 54.1 Å². The van der Waals surface area contributed by atoms with Gasteiger partial charge in [0.25, 0.3) is 5.91 Å². The Morgan fingerprint density at radius 2 is 1.86 bits per heavy atom.